The maximum Gasteiger partial charge on any atom is 0.233 e. The van der Waals surface area contributed by atoms with Gasteiger partial charge in [-0.25, -0.2) is 9.97 Å². The van der Waals surface area contributed by atoms with Gasteiger partial charge < -0.3 is 4.90 Å². The predicted molar refractivity (Wildman–Crippen MR) is 129 cm³/mol. The van der Waals surface area contributed by atoms with Gasteiger partial charge in [0, 0.05) is 43.7 Å². The van der Waals surface area contributed by atoms with Gasteiger partial charge >= 0.3 is 0 Å². The summed E-state index contributed by atoms with van der Waals surface area (Å²) in [7, 11) is 1.80. The second kappa shape index (κ2) is 8.23. The average molecular weight is 447 g/mol. The van der Waals surface area contributed by atoms with Gasteiger partial charge in [0.1, 0.15) is 11.6 Å². The zero-order valence-corrected chi connectivity index (χ0v) is 20.3. The van der Waals surface area contributed by atoms with E-state index in [2.05, 4.69) is 36.9 Å². The molecule has 2 aliphatic heterocycles. The first-order valence-corrected chi connectivity index (χ1v) is 12.3. The molecule has 33 heavy (non-hydrogen) atoms. The number of fused-ring (bicyclic) bond motifs is 1. The topological polar surface area (TPSA) is 66.4 Å². The molecular formula is C27H34N4O2. The third-order valence-electron chi connectivity index (χ3n) is 7.97. The van der Waals surface area contributed by atoms with Crippen LogP contribution in [0.5, 0.6) is 0 Å². The van der Waals surface area contributed by atoms with Crippen LogP contribution >= 0.6 is 0 Å². The van der Waals surface area contributed by atoms with Crippen LogP contribution in [0.3, 0.4) is 0 Å². The highest BCUT2D eigenvalue weighted by atomic mass is 16.2. The Bertz CT molecular complexity index is 1100. The summed E-state index contributed by atoms with van der Waals surface area (Å²) in [5.74, 6) is 2.01. The Morgan fingerprint density at radius 2 is 1.73 bits per heavy atom. The van der Waals surface area contributed by atoms with Crippen molar-refractivity contribution in [1.29, 1.82) is 0 Å². The highest BCUT2D eigenvalue weighted by Crippen LogP contribution is 2.44. The molecule has 0 bridgehead atoms. The van der Waals surface area contributed by atoms with E-state index >= 15 is 0 Å². The largest absolute Gasteiger partial charge is 0.341 e. The molecule has 174 valence electrons. The SMILES string of the molecule is Cc1cc(C)cc(C2(C(=O)N3CCC(c4nc(C)c5c(n4)N(C)C(=O)CC5)C3)CCCC2)c1. The molecule has 0 N–H and O–H groups in total. The van der Waals surface area contributed by atoms with Gasteiger partial charge in [0.2, 0.25) is 11.8 Å². The number of benzene rings is 1. The van der Waals surface area contributed by atoms with Gasteiger partial charge in [-0.15, -0.1) is 0 Å². The van der Waals surface area contributed by atoms with E-state index in [-0.39, 0.29) is 17.7 Å². The lowest BCUT2D eigenvalue weighted by atomic mass is 9.76. The van der Waals surface area contributed by atoms with Crippen LogP contribution in [-0.4, -0.2) is 46.8 Å². The number of nitrogens with zero attached hydrogens (tertiary/aromatic N) is 4. The molecule has 5 rings (SSSR count). The number of amides is 2. The lowest BCUT2D eigenvalue weighted by Gasteiger charge is -2.33. The summed E-state index contributed by atoms with van der Waals surface area (Å²) in [5, 5.41) is 0. The van der Waals surface area contributed by atoms with Crippen molar-refractivity contribution in [3.05, 3.63) is 52.0 Å². The number of likely N-dealkylation sites (tertiary alicyclic amines) is 1. The molecule has 1 aromatic heterocycles. The number of aryl methyl sites for hydroxylation is 3. The molecule has 0 radical (unpaired) electrons. The van der Waals surface area contributed by atoms with E-state index in [0.717, 1.165) is 61.5 Å². The molecule has 2 amide bonds. The van der Waals surface area contributed by atoms with Crippen molar-refractivity contribution in [1.82, 2.24) is 14.9 Å². The number of hydrogen-bond acceptors (Lipinski definition) is 4. The first kappa shape index (κ1) is 22.1. The summed E-state index contributed by atoms with van der Waals surface area (Å²) in [5.41, 5.74) is 5.27. The Morgan fingerprint density at radius 1 is 1.03 bits per heavy atom. The van der Waals surface area contributed by atoms with Crippen LogP contribution in [-0.2, 0) is 21.4 Å². The molecule has 1 aliphatic carbocycles. The molecule has 3 heterocycles. The smallest absolute Gasteiger partial charge is 0.233 e. The molecule has 2 aromatic rings. The van der Waals surface area contributed by atoms with Crippen LogP contribution in [0.15, 0.2) is 18.2 Å². The van der Waals surface area contributed by atoms with Gasteiger partial charge in [0.25, 0.3) is 0 Å². The molecule has 6 nitrogen and oxygen atoms in total. The number of aromatic nitrogens is 2. The van der Waals surface area contributed by atoms with E-state index in [1.807, 2.05) is 6.92 Å². The Hall–Kier alpha value is -2.76. The van der Waals surface area contributed by atoms with E-state index in [1.165, 1.54) is 16.7 Å². The summed E-state index contributed by atoms with van der Waals surface area (Å²) in [4.78, 5) is 39.6. The molecular weight excluding hydrogens is 412 g/mol. The maximum atomic E-state index is 14.0. The summed E-state index contributed by atoms with van der Waals surface area (Å²) in [6, 6.07) is 6.61. The van der Waals surface area contributed by atoms with E-state index < -0.39 is 5.41 Å². The van der Waals surface area contributed by atoms with Crippen molar-refractivity contribution in [3.63, 3.8) is 0 Å². The molecule has 2 fully saturated rings. The standard InChI is InChI=1S/C27H34N4O2/c1-17-13-18(2)15-21(14-17)27(10-5-6-11-27)26(33)31-12-9-20(16-31)24-28-19(3)22-7-8-23(32)30(4)25(22)29-24/h13-15,20H,5-12,16H2,1-4H3. The minimum Gasteiger partial charge on any atom is -0.341 e. The predicted octanol–water partition coefficient (Wildman–Crippen LogP) is 4.14. The molecule has 1 atom stereocenters. The molecule has 0 spiro atoms. The van der Waals surface area contributed by atoms with Crippen molar-refractivity contribution in [2.45, 2.75) is 77.0 Å². The number of anilines is 1. The number of hydrogen-bond donors (Lipinski definition) is 0. The van der Waals surface area contributed by atoms with E-state index in [0.29, 0.717) is 19.4 Å². The average Bonchev–Trinajstić information content (AvgIpc) is 3.46. The summed E-state index contributed by atoms with van der Waals surface area (Å²) < 4.78 is 0. The fraction of sp³-hybridized carbons (Fsp3) is 0.556. The Kier molecular flexibility index (Phi) is 5.50. The van der Waals surface area contributed by atoms with Crippen LogP contribution in [0.2, 0.25) is 0 Å². The fourth-order valence-electron chi connectivity index (χ4n) is 6.19. The maximum absolute atomic E-state index is 14.0. The Labute approximate surface area is 196 Å². The fourth-order valence-corrected chi connectivity index (χ4v) is 6.19. The molecule has 1 unspecified atom stereocenters. The Morgan fingerprint density at radius 3 is 2.42 bits per heavy atom. The first-order chi connectivity index (χ1) is 15.8. The lowest BCUT2D eigenvalue weighted by Crippen LogP contribution is -2.44. The monoisotopic (exact) mass is 446 g/mol. The van der Waals surface area contributed by atoms with Crippen molar-refractivity contribution in [2.75, 3.05) is 25.0 Å². The van der Waals surface area contributed by atoms with Crippen LogP contribution in [0.25, 0.3) is 0 Å². The van der Waals surface area contributed by atoms with Gasteiger partial charge in [-0.3, -0.25) is 14.5 Å². The van der Waals surface area contributed by atoms with Gasteiger partial charge in [-0.1, -0.05) is 42.2 Å². The summed E-state index contributed by atoms with van der Waals surface area (Å²) in [6.45, 7) is 7.64. The van der Waals surface area contributed by atoms with Crippen LogP contribution in [0.4, 0.5) is 5.82 Å². The van der Waals surface area contributed by atoms with E-state index in [9.17, 15) is 9.59 Å². The second-order valence-corrected chi connectivity index (χ2v) is 10.3. The first-order valence-electron chi connectivity index (χ1n) is 12.3. The van der Waals surface area contributed by atoms with E-state index in [4.69, 9.17) is 9.97 Å². The summed E-state index contributed by atoms with van der Waals surface area (Å²) in [6.07, 6.45) is 6.14. The second-order valence-electron chi connectivity index (χ2n) is 10.3. The highest BCUT2D eigenvalue weighted by molar-refractivity contribution is 5.95. The Balaban J connectivity index is 1.41. The zero-order valence-electron chi connectivity index (χ0n) is 20.3. The summed E-state index contributed by atoms with van der Waals surface area (Å²) >= 11 is 0. The van der Waals surface area contributed by atoms with Gasteiger partial charge in [0.15, 0.2) is 0 Å². The van der Waals surface area contributed by atoms with Crippen molar-refractivity contribution < 1.29 is 9.59 Å². The number of rotatable bonds is 3. The van der Waals surface area contributed by atoms with Gasteiger partial charge in [0.05, 0.1) is 5.41 Å². The van der Waals surface area contributed by atoms with Crippen molar-refractivity contribution in [3.8, 4) is 0 Å². The van der Waals surface area contributed by atoms with Crippen molar-refractivity contribution in [2.24, 2.45) is 0 Å². The van der Waals surface area contributed by atoms with Gasteiger partial charge in [-0.2, -0.15) is 0 Å². The lowest BCUT2D eigenvalue weighted by molar-refractivity contribution is -0.136. The molecule has 3 aliphatic rings. The minimum atomic E-state index is -0.398. The third kappa shape index (κ3) is 3.73. The molecule has 6 heteroatoms. The van der Waals surface area contributed by atoms with Crippen LogP contribution < -0.4 is 4.90 Å². The van der Waals surface area contributed by atoms with Crippen LogP contribution in [0.1, 0.15) is 78.2 Å². The minimum absolute atomic E-state index is 0.103. The van der Waals surface area contributed by atoms with Crippen LogP contribution in [0, 0.1) is 20.8 Å². The van der Waals surface area contributed by atoms with Gasteiger partial charge in [-0.05, 0) is 52.0 Å². The zero-order chi connectivity index (χ0) is 23.3. The number of carbonyl (C=O) groups is 2. The third-order valence-corrected chi connectivity index (χ3v) is 7.97. The molecule has 1 saturated heterocycles. The van der Waals surface area contributed by atoms with E-state index in [1.54, 1.807) is 11.9 Å². The van der Waals surface area contributed by atoms with Crippen molar-refractivity contribution >= 4 is 17.6 Å². The molecule has 1 aromatic carbocycles. The number of carbonyl (C=O) groups excluding carboxylic acids is 2. The quantitative estimate of drug-likeness (QED) is 0.711. The molecule has 1 saturated carbocycles. The highest BCUT2D eigenvalue weighted by Gasteiger charge is 2.46. The normalized spacial score (nSPS) is 22.1.